The number of β-amino-alcohol motifs (C(OH)–C–C–N with tert-alkyl or cyclic N) is 1. The van der Waals surface area contributed by atoms with E-state index < -0.39 is 6.10 Å². The Hall–Kier alpha value is -0.690. The van der Waals surface area contributed by atoms with E-state index in [1.54, 1.807) is 0 Å². The van der Waals surface area contributed by atoms with Crippen molar-refractivity contribution in [3.8, 4) is 0 Å². The molecule has 2 N–H and O–H groups in total. The molecule has 2 saturated heterocycles. The van der Waals surface area contributed by atoms with Crippen molar-refractivity contribution in [3.05, 3.63) is 0 Å². The zero-order chi connectivity index (χ0) is 19.1. The molecule has 0 spiro atoms. The fourth-order valence-electron chi connectivity index (χ4n) is 4.90. The van der Waals surface area contributed by atoms with Crippen LogP contribution in [0.15, 0.2) is 0 Å². The summed E-state index contributed by atoms with van der Waals surface area (Å²) in [7, 11) is 0. The summed E-state index contributed by atoms with van der Waals surface area (Å²) in [6.07, 6.45) is 9.51. The average molecular weight is 383 g/mol. The number of carbonyl (C=O) groups excluding carboxylic acids is 1. The molecule has 0 unspecified atom stereocenters. The lowest BCUT2D eigenvalue weighted by Crippen LogP contribution is -2.56. The molecule has 1 amide bonds. The van der Waals surface area contributed by atoms with Crippen molar-refractivity contribution in [3.63, 3.8) is 0 Å². The minimum absolute atomic E-state index is 0.00110. The van der Waals surface area contributed by atoms with Gasteiger partial charge in [-0.2, -0.15) is 0 Å². The molecule has 4 atom stereocenters. The number of nitrogens with zero attached hydrogens (tertiary/aromatic N) is 1. The zero-order valence-corrected chi connectivity index (χ0v) is 16.9. The first-order valence-corrected chi connectivity index (χ1v) is 11.1. The summed E-state index contributed by atoms with van der Waals surface area (Å²) in [6.45, 7) is 5.40. The van der Waals surface area contributed by atoms with Crippen LogP contribution in [0.1, 0.15) is 64.7 Å². The number of rotatable bonds is 6. The molecule has 3 aliphatic rings. The molecule has 3 fully saturated rings. The Kier molecular flexibility index (Phi) is 8.37. The van der Waals surface area contributed by atoms with Crippen LogP contribution in [0.4, 0.5) is 0 Å². The van der Waals surface area contributed by atoms with E-state index in [-0.39, 0.29) is 24.2 Å². The third-order valence-electron chi connectivity index (χ3n) is 6.29. The van der Waals surface area contributed by atoms with E-state index >= 15 is 0 Å². The van der Waals surface area contributed by atoms with Gasteiger partial charge in [-0.1, -0.05) is 26.2 Å². The van der Waals surface area contributed by atoms with Crippen LogP contribution >= 0.6 is 0 Å². The number of amides is 1. The van der Waals surface area contributed by atoms with Crippen LogP contribution in [-0.2, 0) is 14.3 Å². The summed E-state index contributed by atoms with van der Waals surface area (Å²) in [5, 5.41) is 13.2. The SMILES string of the molecule is CCCNC(=O)C[C@@H]1CC[C@@H]2[C@H](COC[C@@H](O)CN2CC2CCCCC2)O1. The molecule has 0 aromatic heterocycles. The number of aliphatic hydroxyl groups is 1. The molecule has 1 saturated carbocycles. The molecule has 156 valence electrons. The van der Waals surface area contributed by atoms with Gasteiger partial charge in [-0.05, 0) is 38.0 Å². The van der Waals surface area contributed by atoms with E-state index in [0.29, 0.717) is 26.2 Å². The monoisotopic (exact) mass is 382 g/mol. The van der Waals surface area contributed by atoms with Crippen LogP contribution in [0.25, 0.3) is 0 Å². The van der Waals surface area contributed by atoms with Crippen molar-refractivity contribution < 1.29 is 19.4 Å². The largest absolute Gasteiger partial charge is 0.389 e. The normalized spacial score (nSPS) is 33.7. The standard InChI is InChI=1S/C21H38N2O4/c1-2-10-22-21(25)11-18-8-9-19-20(27-18)15-26-14-17(24)13-23(19)12-16-6-4-3-5-7-16/h16-20,24H,2-15H2,1H3,(H,22,25)/t17-,18-,19+,20-/m0/s1. The highest BCUT2D eigenvalue weighted by atomic mass is 16.5. The molecule has 2 heterocycles. The number of aliphatic hydroxyl groups excluding tert-OH is 1. The van der Waals surface area contributed by atoms with Crippen molar-refractivity contribution in [2.24, 2.45) is 5.92 Å². The smallest absolute Gasteiger partial charge is 0.222 e. The van der Waals surface area contributed by atoms with Crippen molar-refractivity contribution in [2.45, 2.75) is 89.1 Å². The molecule has 0 aromatic carbocycles. The Balaban J connectivity index is 1.58. The molecule has 3 rings (SSSR count). The second-order valence-corrected chi connectivity index (χ2v) is 8.64. The number of ether oxygens (including phenoxy) is 2. The maximum Gasteiger partial charge on any atom is 0.222 e. The van der Waals surface area contributed by atoms with Crippen molar-refractivity contribution in [2.75, 3.05) is 32.8 Å². The second-order valence-electron chi connectivity index (χ2n) is 8.64. The van der Waals surface area contributed by atoms with Crippen molar-refractivity contribution in [1.82, 2.24) is 10.2 Å². The minimum atomic E-state index is -0.424. The Morgan fingerprint density at radius 2 is 1.96 bits per heavy atom. The zero-order valence-electron chi connectivity index (χ0n) is 16.9. The van der Waals surface area contributed by atoms with Crippen LogP contribution in [0.3, 0.4) is 0 Å². The van der Waals surface area contributed by atoms with Gasteiger partial charge in [0.1, 0.15) is 0 Å². The molecule has 6 heteroatoms. The maximum atomic E-state index is 12.1. The predicted molar refractivity (Wildman–Crippen MR) is 105 cm³/mol. The minimum Gasteiger partial charge on any atom is -0.389 e. The molecule has 0 aromatic rings. The topological polar surface area (TPSA) is 71.0 Å². The van der Waals surface area contributed by atoms with Gasteiger partial charge >= 0.3 is 0 Å². The van der Waals surface area contributed by atoms with Crippen LogP contribution < -0.4 is 5.32 Å². The summed E-state index contributed by atoms with van der Waals surface area (Å²) in [6, 6.07) is 0.289. The van der Waals surface area contributed by atoms with Gasteiger partial charge in [0.2, 0.25) is 5.91 Å². The lowest BCUT2D eigenvalue weighted by atomic mass is 9.87. The Labute approximate surface area is 164 Å². The van der Waals surface area contributed by atoms with Gasteiger partial charge in [0, 0.05) is 25.7 Å². The molecular formula is C21H38N2O4. The highest BCUT2D eigenvalue weighted by Gasteiger charge is 2.38. The predicted octanol–water partition coefficient (Wildman–Crippen LogP) is 2.09. The van der Waals surface area contributed by atoms with Crippen LogP contribution in [-0.4, -0.2) is 73.1 Å². The van der Waals surface area contributed by atoms with Gasteiger partial charge in [-0.3, -0.25) is 9.69 Å². The second kappa shape index (κ2) is 10.7. The van der Waals surface area contributed by atoms with E-state index in [9.17, 15) is 9.90 Å². The summed E-state index contributed by atoms with van der Waals surface area (Å²) in [4.78, 5) is 14.5. The number of carbonyl (C=O) groups is 1. The molecule has 6 nitrogen and oxygen atoms in total. The van der Waals surface area contributed by atoms with E-state index in [1.165, 1.54) is 32.1 Å². The molecule has 1 aliphatic carbocycles. The Morgan fingerprint density at radius 3 is 2.74 bits per heavy atom. The molecule has 0 radical (unpaired) electrons. The van der Waals surface area contributed by atoms with Crippen LogP contribution in [0.5, 0.6) is 0 Å². The first kappa shape index (κ1) is 21.0. The highest BCUT2D eigenvalue weighted by Crippen LogP contribution is 2.31. The Bertz CT molecular complexity index is 455. The summed E-state index contributed by atoms with van der Waals surface area (Å²) >= 11 is 0. The average Bonchev–Trinajstić information content (AvgIpc) is 2.66. The third kappa shape index (κ3) is 6.41. The highest BCUT2D eigenvalue weighted by molar-refractivity contribution is 5.76. The Morgan fingerprint density at radius 1 is 1.15 bits per heavy atom. The van der Waals surface area contributed by atoms with Gasteiger partial charge in [0.25, 0.3) is 0 Å². The third-order valence-corrected chi connectivity index (χ3v) is 6.29. The summed E-state index contributed by atoms with van der Waals surface area (Å²) < 4.78 is 12.0. The fraction of sp³-hybridized carbons (Fsp3) is 0.952. The van der Waals surface area contributed by atoms with Gasteiger partial charge < -0.3 is 19.9 Å². The van der Waals surface area contributed by atoms with E-state index in [4.69, 9.17) is 9.47 Å². The fourth-order valence-corrected chi connectivity index (χ4v) is 4.90. The number of hydrogen-bond acceptors (Lipinski definition) is 5. The summed E-state index contributed by atoms with van der Waals surface area (Å²) in [5.74, 6) is 0.825. The van der Waals surface area contributed by atoms with Crippen LogP contribution in [0.2, 0.25) is 0 Å². The molecular weight excluding hydrogens is 344 g/mol. The first-order chi connectivity index (χ1) is 13.2. The molecule has 27 heavy (non-hydrogen) atoms. The lowest BCUT2D eigenvalue weighted by molar-refractivity contribution is -0.158. The first-order valence-electron chi connectivity index (χ1n) is 11.1. The van der Waals surface area contributed by atoms with Crippen LogP contribution in [0, 0.1) is 5.92 Å². The van der Waals surface area contributed by atoms with Gasteiger partial charge in [0.15, 0.2) is 0 Å². The van der Waals surface area contributed by atoms with Gasteiger partial charge in [0.05, 0.1) is 37.9 Å². The molecule has 2 aliphatic heterocycles. The van der Waals surface area contributed by atoms with Crippen molar-refractivity contribution >= 4 is 5.91 Å². The van der Waals surface area contributed by atoms with Gasteiger partial charge in [-0.15, -0.1) is 0 Å². The molecule has 0 bridgehead atoms. The van der Waals surface area contributed by atoms with E-state index in [1.807, 2.05) is 0 Å². The van der Waals surface area contributed by atoms with Crippen molar-refractivity contribution in [1.29, 1.82) is 0 Å². The maximum absolute atomic E-state index is 12.1. The van der Waals surface area contributed by atoms with E-state index in [2.05, 4.69) is 17.1 Å². The summed E-state index contributed by atoms with van der Waals surface area (Å²) in [5.41, 5.74) is 0. The van der Waals surface area contributed by atoms with Gasteiger partial charge in [-0.25, -0.2) is 0 Å². The lowest BCUT2D eigenvalue weighted by Gasteiger charge is -2.45. The number of fused-ring (bicyclic) bond motifs is 1. The number of nitrogens with one attached hydrogen (secondary N) is 1. The van der Waals surface area contributed by atoms with E-state index in [0.717, 1.165) is 38.3 Å². The quantitative estimate of drug-likeness (QED) is 0.736. The number of hydrogen-bond donors (Lipinski definition) is 2.